The van der Waals surface area contributed by atoms with Gasteiger partial charge in [0.25, 0.3) is 5.91 Å². The second kappa shape index (κ2) is 7.65. The number of hydrogen-bond donors (Lipinski definition) is 2. The van der Waals surface area contributed by atoms with Crippen molar-refractivity contribution >= 4 is 5.91 Å². The van der Waals surface area contributed by atoms with Gasteiger partial charge in [0.05, 0.1) is 19.3 Å². The topological polar surface area (TPSA) is 67.8 Å². The smallest absolute Gasteiger partial charge is 0.258 e. The van der Waals surface area contributed by atoms with Gasteiger partial charge in [-0.2, -0.15) is 0 Å². The van der Waals surface area contributed by atoms with Gasteiger partial charge in [0.15, 0.2) is 18.2 Å². The van der Waals surface area contributed by atoms with Crippen LogP contribution in [0.2, 0.25) is 0 Å². The van der Waals surface area contributed by atoms with E-state index >= 15 is 0 Å². The molecule has 0 aliphatic carbocycles. The minimum Gasteiger partial charge on any atom is -0.481 e. The molecule has 0 radical (unpaired) electrons. The van der Waals surface area contributed by atoms with Crippen molar-refractivity contribution in [3.05, 3.63) is 29.8 Å². The van der Waals surface area contributed by atoms with Gasteiger partial charge in [-0.05, 0) is 12.1 Å². The lowest BCUT2D eigenvalue weighted by molar-refractivity contribution is -0.124. The van der Waals surface area contributed by atoms with Gasteiger partial charge in [0, 0.05) is 13.2 Å². The standard InChI is InChI=1S/C12H15F2NO4/c1-18-6-9(5-16)15-12(17)7-19-11-3-2-8(13)4-10(11)14/h2-4,9,16H,5-7H2,1H3,(H,15,17). The summed E-state index contributed by atoms with van der Waals surface area (Å²) in [7, 11) is 1.43. The summed E-state index contributed by atoms with van der Waals surface area (Å²) in [5.41, 5.74) is 0. The number of carbonyl (C=O) groups excluding carboxylic acids is 1. The number of hydrogen-bond acceptors (Lipinski definition) is 4. The molecule has 2 N–H and O–H groups in total. The van der Waals surface area contributed by atoms with Crippen LogP contribution in [-0.2, 0) is 9.53 Å². The number of aliphatic hydroxyl groups excluding tert-OH is 1. The first kappa shape index (κ1) is 15.3. The maximum Gasteiger partial charge on any atom is 0.258 e. The first-order chi connectivity index (χ1) is 9.06. The second-order valence-electron chi connectivity index (χ2n) is 3.77. The summed E-state index contributed by atoms with van der Waals surface area (Å²) in [6.45, 7) is -0.583. The average molecular weight is 275 g/mol. The Morgan fingerprint density at radius 2 is 2.21 bits per heavy atom. The second-order valence-corrected chi connectivity index (χ2v) is 3.77. The third-order valence-corrected chi connectivity index (χ3v) is 2.21. The lowest BCUT2D eigenvalue weighted by atomic mass is 10.3. The fourth-order valence-electron chi connectivity index (χ4n) is 1.35. The molecule has 0 aromatic heterocycles. The zero-order chi connectivity index (χ0) is 14.3. The molecule has 1 aromatic carbocycles. The van der Waals surface area contributed by atoms with E-state index in [0.29, 0.717) is 6.07 Å². The molecule has 5 nitrogen and oxygen atoms in total. The zero-order valence-electron chi connectivity index (χ0n) is 10.4. The number of aliphatic hydroxyl groups is 1. The van der Waals surface area contributed by atoms with Crippen LogP contribution in [0.1, 0.15) is 0 Å². The van der Waals surface area contributed by atoms with Gasteiger partial charge in [0.1, 0.15) is 5.82 Å². The fraction of sp³-hybridized carbons (Fsp3) is 0.417. The molecule has 7 heteroatoms. The highest BCUT2D eigenvalue weighted by atomic mass is 19.1. The molecule has 0 saturated carbocycles. The number of rotatable bonds is 7. The minimum absolute atomic E-state index is 0.146. The van der Waals surface area contributed by atoms with Crippen LogP contribution in [0.25, 0.3) is 0 Å². The Morgan fingerprint density at radius 1 is 1.47 bits per heavy atom. The number of halogens is 2. The summed E-state index contributed by atoms with van der Waals surface area (Å²) < 4.78 is 35.5. The Hall–Kier alpha value is -1.73. The van der Waals surface area contributed by atoms with E-state index in [1.54, 1.807) is 0 Å². The first-order valence-electron chi connectivity index (χ1n) is 5.53. The van der Waals surface area contributed by atoms with Crippen molar-refractivity contribution in [2.45, 2.75) is 6.04 Å². The Kier molecular flexibility index (Phi) is 6.17. The predicted molar refractivity (Wildman–Crippen MR) is 62.7 cm³/mol. The molecule has 0 bridgehead atoms. The molecule has 19 heavy (non-hydrogen) atoms. The molecule has 1 amide bonds. The summed E-state index contributed by atoms with van der Waals surface area (Å²) in [6, 6.07) is 2.22. The highest BCUT2D eigenvalue weighted by Crippen LogP contribution is 2.17. The lowest BCUT2D eigenvalue weighted by Crippen LogP contribution is -2.42. The van der Waals surface area contributed by atoms with Crippen molar-refractivity contribution in [1.29, 1.82) is 0 Å². The van der Waals surface area contributed by atoms with Gasteiger partial charge >= 0.3 is 0 Å². The van der Waals surface area contributed by atoms with E-state index < -0.39 is 30.2 Å². The van der Waals surface area contributed by atoms with Gasteiger partial charge in [-0.3, -0.25) is 4.79 Å². The highest BCUT2D eigenvalue weighted by molar-refractivity contribution is 5.77. The average Bonchev–Trinajstić information content (AvgIpc) is 2.37. The lowest BCUT2D eigenvalue weighted by Gasteiger charge is -2.15. The summed E-state index contributed by atoms with van der Waals surface area (Å²) in [6.07, 6.45) is 0. The Bertz CT molecular complexity index is 428. The van der Waals surface area contributed by atoms with Crippen molar-refractivity contribution in [3.8, 4) is 5.75 Å². The summed E-state index contributed by atoms with van der Waals surface area (Å²) in [5.74, 6) is -2.37. The molecular formula is C12H15F2NO4. The van der Waals surface area contributed by atoms with Gasteiger partial charge in [0.2, 0.25) is 0 Å². The normalized spacial score (nSPS) is 12.0. The van der Waals surface area contributed by atoms with E-state index in [9.17, 15) is 13.6 Å². The van der Waals surface area contributed by atoms with Crippen LogP contribution in [0, 0.1) is 11.6 Å². The third kappa shape index (κ3) is 5.19. The van der Waals surface area contributed by atoms with Crippen LogP contribution in [0.4, 0.5) is 8.78 Å². The molecular weight excluding hydrogens is 260 g/mol. The highest BCUT2D eigenvalue weighted by Gasteiger charge is 2.12. The van der Waals surface area contributed by atoms with E-state index in [-0.39, 0.29) is 19.0 Å². The molecule has 0 fully saturated rings. The number of ether oxygens (including phenoxy) is 2. The maximum absolute atomic E-state index is 13.2. The number of benzene rings is 1. The van der Waals surface area contributed by atoms with E-state index in [2.05, 4.69) is 5.32 Å². The fourth-order valence-corrected chi connectivity index (χ4v) is 1.35. The SMILES string of the molecule is COCC(CO)NC(=O)COc1ccc(F)cc1F. The number of amides is 1. The molecule has 1 atom stereocenters. The van der Waals surface area contributed by atoms with Crippen molar-refractivity contribution in [2.75, 3.05) is 26.9 Å². The molecule has 0 aliphatic rings. The molecule has 0 aliphatic heterocycles. The van der Waals surface area contributed by atoms with Crippen molar-refractivity contribution in [1.82, 2.24) is 5.32 Å². The summed E-state index contributed by atoms with van der Waals surface area (Å²) in [5, 5.41) is 11.4. The van der Waals surface area contributed by atoms with Crippen LogP contribution < -0.4 is 10.1 Å². The van der Waals surface area contributed by atoms with E-state index in [1.165, 1.54) is 7.11 Å². The molecule has 0 saturated heterocycles. The number of nitrogens with one attached hydrogen (secondary N) is 1. The molecule has 1 rings (SSSR count). The molecule has 0 heterocycles. The van der Waals surface area contributed by atoms with Crippen molar-refractivity contribution in [3.63, 3.8) is 0 Å². The van der Waals surface area contributed by atoms with Gasteiger partial charge in [-0.15, -0.1) is 0 Å². The molecule has 0 spiro atoms. The predicted octanol–water partition coefficient (Wildman–Crippen LogP) is 0.467. The van der Waals surface area contributed by atoms with E-state index in [1.807, 2.05) is 0 Å². The largest absolute Gasteiger partial charge is 0.481 e. The van der Waals surface area contributed by atoms with Gasteiger partial charge in [-0.25, -0.2) is 8.78 Å². The maximum atomic E-state index is 13.2. The quantitative estimate of drug-likeness (QED) is 0.759. The van der Waals surface area contributed by atoms with E-state index in [4.69, 9.17) is 14.6 Å². The van der Waals surface area contributed by atoms with Crippen LogP contribution in [0.3, 0.4) is 0 Å². The summed E-state index contributed by atoms with van der Waals surface area (Å²) in [4.78, 5) is 11.4. The number of carbonyl (C=O) groups is 1. The molecule has 1 unspecified atom stereocenters. The Balaban J connectivity index is 2.45. The molecule has 106 valence electrons. The van der Waals surface area contributed by atoms with Gasteiger partial charge in [-0.1, -0.05) is 0 Å². The van der Waals surface area contributed by atoms with Crippen molar-refractivity contribution in [2.24, 2.45) is 0 Å². The monoisotopic (exact) mass is 275 g/mol. The van der Waals surface area contributed by atoms with Gasteiger partial charge < -0.3 is 19.9 Å². The Labute approximate surface area is 109 Å². The van der Waals surface area contributed by atoms with Crippen LogP contribution in [-0.4, -0.2) is 44.0 Å². The Morgan fingerprint density at radius 3 is 2.79 bits per heavy atom. The van der Waals surface area contributed by atoms with Crippen LogP contribution in [0.5, 0.6) is 5.75 Å². The number of methoxy groups -OCH3 is 1. The van der Waals surface area contributed by atoms with Crippen molar-refractivity contribution < 1.29 is 28.2 Å². The third-order valence-electron chi connectivity index (χ3n) is 2.21. The minimum atomic E-state index is -0.886. The first-order valence-corrected chi connectivity index (χ1v) is 5.53. The zero-order valence-corrected chi connectivity index (χ0v) is 10.4. The summed E-state index contributed by atoms with van der Waals surface area (Å²) >= 11 is 0. The molecule has 1 aromatic rings. The van der Waals surface area contributed by atoms with Crippen LogP contribution >= 0.6 is 0 Å². The van der Waals surface area contributed by atoms with E-state index in [0.717, 1.165) is 12.1 Å². The van der Waals surface area contributed by atoms with Crippen LogP contribution in [0.15, 0.2) is 18.2 Å².